The number of rotatable bonds is 1. The highest BCUT2D eigenvalue weighted by atomic mass is 16.5. The van der Waals surface area contributed by atoms with Crippen molar-refractivity contribution in [2.45, 2.75) is 26.2 Å². The van der Waals surface area contributed by atoms with E-state index in [1.54, 1.807) is 0 Å². The normalized spacial score (nSPS) is 11.6. The summed E-state index contributed by atoms with van der Waals surface area (Å²) in [7, 11) is 0. The number of carboxylic acid groups (broad SMARTS) is 1. The van der Waals surface area contributed by atoms with E-state index in [0.29, 0.717) is 5.56 Å². The molecule has 4 nitrogen and oxygen atoms in total. The SMILES string of the molecule is CC(C)(C)c1conc1C(=O)O. The molecule has 1 heterocycles. The van der Waals surface area contributed by atoms with Crippen molar-refractivity contribution in [3.05, 3.63) is 17.5 Å². The number of aromatic carboxylic acids is 1. The molecule has 0 spiro atoms. The Bertz CT molecular complexity index is 295. The summed E-state index contributed by atoms with van der Waals surface area (Å²) < 4.78 is 4.60. The van der Waals surface area contributed by atoms with Gasteiger partial charge in [0.25, 0.3) is 0 Å². The molecule has 12 heavy (non-hydrogen) atoms. The Labute approximate surface area is 70.2 Å². The summed E-state index contributed by atoms with van der Waals surface area (Å²) in [4.78, 5) is 10.6. The number of carboxylic acids is 1. The molecule has 0 aliphatic heterocycles. The van der Waals surface area contributed by atoms with Gasteiger partial charge in [-0.15, -0.1) is 0 Å². The largest absolute Gasteiger partial charge is 0.476 e. The second-order valence-electron chi connectivity index (χ2n) is 3.63. The highest BCUT2D eigenvalue weighted by molar-refractivity contribution is 5.87. The van der Waals surface area contributed by atoms with Gasteiger partial charge in [-0.2, -0.15) is 0 Å². The third kappa shape index (κ3) is 1.47. The fraction of sp³-hybridized carbons (Fsp3) is 0.500. The fourth-order valence-electron chi connectivity index (χ4n) is 0.923. The van der Waals surface area contributed by atoms with Gasteiger partial charge in [-0.1, -0.05) is 25.9 Å². The molecule has 0 amide bonds. The van der Waals surface area contributed by atoms with Crippen LogP contribution in [-0.2, 0) is 5.41 Å². The van der Waals surface area contributed by atoms with Crippen LogP contribution < -0.4 is 0 Å². The van der Waals surface area contributed by atoms with Crippen LogP contribution in [0.5, 0.6) is 0 Å². The summed E-state index contributed by atoms with van der Waals surface area (Å²) >= 11 is 0. The first kappa shape index (κ1) is 8.77. The van der Waals surface area contributed by atoms with Crippen LogP contribution in [0.15, 0.2) is 10.8 Å². The minimum absolute atomic E-state index is 0.00231. The maximum atomic E-state index is 10.6. The lowest BCUT2D eigenvalue weighted by Crippen LogP contribution is -2.15. The second-order valence-corrected chi connectivity index (χ2v) is 3.63. The monoisotopic (exact) mass is 169 g/mol. The lowest BCUT2D eigenvalue weighted by atomic mass is 9.87. The number of hydrogen-bond donors (Lipinski definition) is 1. The first-order valence-electron chi connectivity index (χ1n) is 3.61. The molecule has 0 saturated heterocycles. The van der Waals surface area contributed by atoms with Crippen molar-refractivity contribution in [3.63, 3.8) is 0 Å². The summed E-state index contributed by atoms with van der Waals surface area (Å²) in [5, 5.41) is 12.1. The third-order valence-electron chi connectivity index (χ3n) is 1.58. The summed E-state index contributed by atoms with van der Waals surface area (Å²) in [6.07, 6.45) is 1.38. The quantitative estimate of drug-likeness (QED) is 0.694. The van der Waals surface area contributed by atoms with Gasteiger partial charge in [-0.3, -0.25) is 0 Å². The highest BCUT2D eigenvalue weighted by Crippen LogP contribution is 2.24. The zero-order valence-electron chi connectivity index (χ0n) is 7.29. The van der Waals surface area contributed by atoms with Gasteiger partial charge < -0.3 is 9.63 Å². The molecule has 0 aliphatic carbocycles. The standard InChI is InChI=1S/C8H11NO3/c1-8(2,3)5-4-12-9-6(5)7(10)11/h4H,1-3H3,(H,10,11). The third-order valence-corrected chi connectivity index (χ3v) is 1.58. The van der Waals surface area contributed by atoms with Crippen LogP contribution in [0.4, 0.5) is 0 Å². The predicted octanol–water partition coefficient (Wildman–Crippen LogP) is 1.67. The molecule has 0 aromatic carbocycles. The molecule has 1 rings (SSSR count). The second kappa shape index (κ2) is 2.62. The van der Waals surface area contributed by atoms with Crippen molar-refractivity contribution in [2.24, 2.45) is 0 Å². The Morgan fingerprint density at radius 3 is 2.50 bits per heavy atom. The maximum Gasteiger partial charge on any atom is 0.358 e. The van der Waals surface area contributed by atoms with Crippen molar-refractivity contribution >= 4 is 5.97 Å². The van der Waals surface area contributed by atoms with E-state index in [9.17, 15) is 4.79 Å². The topological polar surface area (TPSA) is 63.3 Å². The van der Waals surface area contributed by atoms with Gasteiger partial charge >= 0.3 is 5.97 Å². The maximum absolute atomic E-state index is 10.6. The molecule has 0 fully saturated rings. The Balaban J connectivity index is 3.17. The van der Waals surface area contributed by atoms with Gasteiger partial charge in [0.1, 0.15) is 6.26 Å². The van der Waals surface area contributed by atoms with Crippen LogP contribution in [0.3, 0.4) is 0 Å². The van der Waals surface area contributed by atoms with E-state index >= 15 is 0 Å². The number of hydrogen-bond acceptors (Lipinski definition) is 3. The molecular formula is C8H11NO3. The van der Waals surface area contributed by atoms with Crippen molar-refractivity contribution in [1.82, 2.24) is 5.16 Å². The van der Waals surface area contributed by atoms with Gasteiger partial charge in [-0.05, 0) is 5.41 Å². The van der Waals surface area contributed by atoms with Crippen LogP contribution in [0.25, 0.3) is 0 Å². The summed E-state index contributed by atoms with van der Waals surface area (Å²) in [6.45, 7) is 5.73. The first-order valence-corrected chi connectivity index (χ1v) is 3.61. The summed E-state index contributed by atoms with van der Waals surface area (Å²) in [5.41, 5.74) is 0.380. The van der Waals surface area contributed by atoms with Gasteiger partial charge in [0.2, 0.25) is 0 Å². The Kier molecular flexibility index (Phi) is 1.92. The highest BCUT2D eigenvalue weighted by Gasteiger charge is 2.25. The average molecular weight is 169 g/mol. The number of nitrogens with zero attached hydrogens (tertiary/aromatic N) is 1. The van der Waals surface area contributed by atoms with Gasteiger partial charge in [0.05, 0.1) is 0 Å². The van der Waals surface area contributed by atoms with E-state index < -0.39 is 5.97 Å². The van der Waals surface area contributed by atoms with Crippen LogP contribution in [0.2, 0.25) is 0 Å². The van der Waals surface area contributed by atoms with Crippen molar-refractivity contribution < 1.29 is 14.4 Å². The first-order chi connectivity index (χ1) is 5.43. The minimum Gasteiger partial charge on any atom is -0.476 e. The van der Waals surface area contributed by atoms with Gasteiger partial charge in [0, 0.05) is 5.56 Å². The molecule has 1 N–H and O–H groups in total. The zero-order chi connectivity index (χ0) is 9.35. The molecule has 0 unspecified atom stereocenters. The molecule has 0 atom stereocenters. The van der Waals surface area contributed by atoms with E-state index in [-0.39, 0.29) is 11.1 Å². The summed E-state index contributed by atoms with van der Waals surface area (Å²) in [6, 6.07) is 0. The molecule has 0 radical (unpaired) electrons. The molecule has 0 bridgehead atoms. The molecule has 0 aliphatic rings. The van der Waals surface area contributed by atoms with E-state index in [1.165, 1.54) is 6.26 Å². The Morgan fingerprint density at radius 2 is 2.17 bits per heavy atom. The van der Waals surface area contributed by atoms with E-state index in [4.69, 9.17) is 5.11 Å². The molecule has 66 valence electrons. The van der Waals surface area contributed by atoms with E-state index in [0.717, 1.165) is 0 Å². The van der Waals surface area contributed by atoms with Crippen LogP contribution in [-0.4, -0.2) is 16.2 Å². The minimum atomic E-state index is -1.05. The number of carbonyl (C=O) groups is 1. The Morgan fingerprint density at radius 1 is 1.58 bits per heavy atom. The number of aromatic nitrogens is 1. The van der Waals surface area contributed by atoms with Crippen LogP contribution in [0.1, 0.15) is 36.8 Å². The van der Waals surface area contributed by atoms with Gasteiger partial charge in [0.15, 0.2) is 5.69 Å². The average Bonchev–Trinajstić information content (AvgIpc) is 2.30. The molecule has 0 saturated carbocycles. The van der Waals surface area contributed by atoms with E-state index in [2.05, 4.69) is 9.68 Å². The lowest BCUT2D eigenvalue weighted by molar-refractivity contribution is 0.0683. The van der Waals surface area contributed by atoms with Crippen molar-refractivity contribution in [1.29, 1.82) is 0 Å². The molecule has 4 heteroatoms. The smallest absolute Gasteiger partial charge is 0.358 e. The van der Waals surface area contributed by atoms with Crippen molar-refractivity contribution in [2.75, 3.05) is 0 Å². The van der Waals surface area contributed by atoms with Crippen LogP contribution in [0, 0.1) is 0 Å². The molecular weight excluding hydrogens is 158 g/mol. The lowest BCUT2D eigenvalue weighted by Gasteiger charge is -2.15. The van der Waals surface area contributed by atoms with Crippen LogP contribution >= 0.6 is 0 Å². The van der Waals surface area contributed by atoms with Gasteiger partial charge in [-0.25, -0.2) is 4.79 Å². The van der Waals surface area contributed by atoms with Crippen molar-refractivity contribution in [3.8, 4) is 0 Å². The molecule has 1 aromatic rings. The fourth-order valence-corrected chi connectivity index (χ4v) is 0.923. The molecule has 1 aromatic heterocycles. The Hall–Kier alpha value is -1.32. The summed E-state index contributed by atoms with van der Waals surface area (Å²) in [5.74, 6) is -1.05. The van der Waals surface area contributed by atoms with E-state index in [1.807, 2.05) is 20.8 Å². The zero-order valence-corrected chi connectivity index (χ0v) is 7.29. The predicted molar refractivity (Wildman–Crippen MR) is 42.2 cm³/mol.